The van der Waals surface area contributed by atoms with Gasteiger partial charge in [-0.1, -0.05) is 36.4 Å². The molecule has 0 unspecified atom stereocenters. The highest BCUT2D eigenvalue weighted by atomic mass is 15.2. The Labute approximate surface area is 104 Å². The summed E-state index contributed by atoms with van der Waals surface area (Å²) in [6.07, 6.45) is 3.29. The van der Waals surface area contributed by atoms with Crippen molar-refractivity contribution >= 4 is 22.4 Å². The maximum Gasteiger partial charge on any atom is 0.268 e. The lowest BCUT2D eigenvalue weighted by Crippen LogP contribution is -1.76. The van der Waals surface area contributed by atoms with Gasteiger partial charge >= 0.3 is 0 Å². The Balaban J connectivity index is 2.03. The third kappa shape index (κ3) is 2.08. The van der Waals surface area contributed by atoms with Crippen LogP contribution in [0.3, 0.4) is 0 Å². The van der Waals surface area contributed by atoms with Crippen LogP contribution in [0.4, 0.5) is 11.6 Å². The number of nitrogens with zero attached hydrogens (tertiary/aromatic N) is 4. The minimum atomic E-state index is 0.366. The Kier molecular flexibility index (Phi) is 2.75. The Bertz CT molecular complexity index is 687. The zero-order valence-electron chi connectivity index (χ0n) is 9.56. The third-order valence-electron chi connectivity index (χ3n) is 2.57. The van der Waals surface area contributed by atoms with Crippen LogP contribution in [0.25, 0.3) is 10.8 Å². The molecule has 0 saturated carbocycles. The summed E-state index contributed by atoms with van der Waals surface area (Å²) in [6, 6.07) is 15.7. The van der Waals surface area contributed by atoms with Crippen LogP contribution in [0.15, 0.2) is 71.2 Å². The molecule has 0 radical (unpaired) electrons. The minimum absolute atomic E-state index is 0.366. The standard InChI is InChI=1S/C14H10N4/c1-2-7-12-11(5-1)6-3-8-13(12)17-18-14-15-9-4-10-16-14/h1-10H. The molecule has 4 nitrogen and oxygen atoms in total. The van der Waals surface area contributed by atoms with Crippen LogP contribution in [0, 0.1) is 0 Å². The Hall–Kier alpha value is -2.62. The summed E-state index contributed by atoms with van der Waals surface area (Å²) >= 11 is 0. The van der Waals surface area contributed by atoms with E-state index in [4.69, 9.17) is 0 Å². The molecule has 4 heteroatoms. The molecule has 0 aliphatic heterocycles. The van der Waals surface area contributed by atoms with Gasteiger partial charge < -0.3 is 0 Å². The number of rotatable bonds is 2. The summed E-state index contributed by atoms with van der Waals surface area (Å²) in [7, 11) is 0. The largest absolute Gasteiger partial charge is 0.268 e. The Morgan fingerprint density at radius 2 is 1.50 bits per heavy atom. The first kappa shape index (κ1) is 10.5. The Morgan fingerprint density at radius 1 is 0.722 bits per heavy atom. The van der Waals surface area contributed by atoms with E-state index < -0.39 is 0 Å². The van der Waals surface area contributed by atoms with E-state index in [9.17, 15) is 0 Å². The monoisotopic (exact) mass is 234 g/mol. The first-order valence-electron chi connectivity index (χ1n) is 5.60. The molecule has 0 N–H and O–H groups in total. The molecular weight excluding hydrogens is 224 g/mol. The molecule has 0 spiro atoms. The lowest BCUT2D eigenvalue weighted by Gasteiger charge is -1.99. The predicted molar refractivity (Wildman–Crippen MR) is 70.2 cm³/mol. The molecule has 86 valence electrons. The van der Waals surface area contributed by atoms with Crippen molar-refractivity contribution in [2.75, 3.05) is 0 Å². The quantitative estimate of drug-likeness (QED) is 0.628. The molecule has 3 rings (SSSR count). The summed E-state index contributed by atoms with van der Waals surface area (Å²) in [6.45, 7) is 0. The van der Waals surface area contributed by atoms with Gasteiger partial charge in [-0.2, -0.15) is 0 Å². The molecule has 1 aromatic heterocycles. The van der Waals surface area contributed by atoms with Gasteiger partial charge in [0.15, 0.2) is 0 Å². The maximum atomic E-state index is 4.20. The van der Waals surface area contributed by atoms with Gasteiger partial charge in [0.05, 0.1) is 5.69 Å². The van der Waals surface area contributed by atoms with Crippen molar-refractivity contribution in [1.29, 1.82) is 0 Å². The first-order valence-corrected chi connectivity index (χ1v) is 5.60. The summed E-state index contributed by atoms with van der Waals surface area (Å²) in [5, 5.41) is 10.4. The summed E-state index contributed by atoms with van der Waals surface area (Å²) in [5.74, 6) is 0.366. The normalized spacial score (nSPS) is 11.1. The van der Waals surface area contributed by atoms with Gasteiger partial charge in [-0.15, -0.1) is 10.2 Å². The van der Waals surface area contributed by atoms with Gasteiger partial charge in [0.2, 0.25) is 0 Å². The van der Waals surface area contributed by atoms with Crippen LogP contribution < -0.4 is 0 Å². The Morgan fingerprint density at radius 3 is 2.39 bits per heavy atom. The summed E-state index contributed by atoms with van der Waals surface area (Å²) in [5.41, 5.74) is 0.820. The van der Waals surface area contributed by atoms with Crippen LogP contribution in [0.1, 0.15) is 0 Å². The highest BCUT2D eigenvalue weighted by molar-refractivity contribution is 5.92. The topological polar surface area (TPSA) is 50.5 Å². The van der Waals surface area contributed by atoms with E-state index in [1.807, 2.05) is 42.5 Å². The second-order valence-corrected chi connectivity index (χ2v) is 3.75. The van der Waals surface area contributed by atoms with Gasteiger partial charge in [-0.3, -0.25) is 0 Å². The van der Waals surface area contributed by atoms with E-state index in [-0.39, 0.29) is 0 Å². The molecule has 0 amide bonds. The third-order valence-corrected chi connectivity index (χ3v) is 2.57. The minimum Gasteiger partial charge on any atom is -0.218 e. The van der Waals surface area contributed by atoms with Crippen LogP contribution in [0.5, 0.6) is 0 Å². The molecule has 0 atom stereocenters. The fraction of sp³-hybridized carbons (Fsp3) is 0. The molecule has 2 aromatic carbocycles. The van der Waals surface area contributed by atoms with Crippen molar-refractivity contribution in [2.45, 2.75) is 0 Å². The number of aromatic nitrogens is 2. The number of fused-ring (bicyclic) bond motifs is 1. The lowest BCUT2D eigenvalue weighted by atomic mass is 10.1. The highest BCUT2D eigenvalue weighted by Crippen LogP contribution is 2.26. The predicted octanol–water partition coefficient (Wildman–Crippen LogP) is 4.05. The SMILES string of the molecule is c1cnc(N=Nc2cccc3ccccc23)nc1. The van der Waals surface area contributed by atoms with Gasteiger partial charge in [0.1, 0.15) is 0 Å². The first-order chi connectivity index (χ1) is 8.93. The lowest BCUT2D eigenvalue weighted by molar-refractivity contribution is 1.07. The number of azo groups is 1. The van der Waals surface area contributed by atoms with Crippen molar-refractivity contribution < 1.29 is 0 Å². The molecule has 0 aliphatic rings. The average molecular weight is 234 g/mol. The molecule has 3 aromatic rings. The van der Waals surface area contributed by atoms with E-state index in [1.165, 1.54) is 0 Å². The maximum absolute atomic E-state index is 4.20. The van der Waals surface area contributed by atoms with Gasteiger partial charge in [0.25, 0.3) is 5.95 Å². The second kappa shape index (κ2) is 4.71. The van der Waals surface area contributed by atoms with Crippen LogP contribution in [-0.4, -0.2) is 9.97 Å². The van der Waals surface area contributed by atoms with Gasteiger partial charge in [-0.25, -0.2) is 9.97 Å². The van der Waals surface area contributed by atoms with Crippen molar-refractivity contribution in [3.63, 3.8) is 0 Å². The van der Waals surface area contributed by atoms with E-state index in [0.29, 0.717) is 5.95 Å². The molecule has 1 heterocycles. The summed E-state index contributed by atoms with van der Waals surface area (Å²) in [4.78, 5) is 8.00. The summed E-state index contributed by atoms with van der Waals surface area (Å²) < 4.78 is 0. The van der Waals surface area contributed by atoms with Crippen LogP contribution in [-0.2, 0) is 0 Å². The zero-order chi connectivity index (χ0) is 12.2. The van der Waals surface area contributed by atoms with Gasteiger partial charge in [-0.05, 0) is 17.5 Å². The van der Waals surface area contributed by atoms with Crippen molar-refractivity contribution in [1.82, 2.24) is 9.97 Å². The molecular formula is C14H10N4. The molecule has 0 saturated heterocycles. The molecule has 0 bridgehead atoms. The number of benzene rings is 2. The molecule has 18 heavy (non-hydrogen) atoms. The second-order valence-electron chi connectivity index (χ2n) is 3.75. The van der Waals surface area contributed by atoms with Gasteiger partial charge in [0, 0.05) is 17.8 Å². The van der Waals surface area contributed by atoms with E-state index >= 15 is 0 Å². The molecule has 0 fully saturated rings. The van der Waals surface area contributed by atoms with E-state index in [0.717, 1.165) is 16.5 Å². The van der Waals surface area contributed by atoms with Crippen LogP contribution in [0.2, 0.25) is 0 Å². The fourth-order valence-electron chi connectivity index (χ4n) is 1.74. The fourth-order valence-corrected chi connectivity index (χ4v) is 1.74. The van der Waals surface area contributed by atoms with E-state index in [1.54, 1.807) is 18.5 Å². The van der Waals surface area contributed by atoms with Crippen molar-refractivity contribution in [2.24, 2.45) is 10.2 Å². The number of hydrogen-bond acceptors (Lipinski definition) is 4. The van der Waals surface area contributed by atoms with Crippen molar-refractivity contribution in [3.05, 3.63) is 60.9 Å². The number of hydrogen-bond donors (Lipinski definition) is 0. The smallest absolute Gasteiger partial charge is 0.218 e. The molecule has 0 aliphatic carbocycles. The van der Waals surface area contributed by atoms with Crippen molar-refractivity contribution in [3.8, 4) is 0 Å². The zero-order valence-corrected chi connectivity index (χ0v) is 9.56. The van der Waals surface area contributed by atoms with E-state index in [2.05, 4.69) is 20.2 Å². The van der Waals surface area contributed by atoms with Crippen LogP contribution >= 0.6 is 0 Å². The highest BCUT2D eigenvalue weighted by Gasteiger charge is 1.98. The average Bonchev–Trinajstić information content (AvgIpc) is 2.46.